The number of nitriles is 2. The molecule has 4 aromatic rings. The molecule has 146 valence electrons. The summed E-state index contributed by atoms with van der Waals surface area (Å²) < 4.78 is 0. The highest BCUT2D eigenvalue weighted by Crippen LogP contribution is 2.39. The Hall–Kier alpha value is -4.19. The summed E-state index contributed by atoms with van der Waals surface area (Å²) in [4.78, 5) is 10.1. The summed E-state index contributed by atoms with van der Waals surface area (Å²) in [7, 11) is 0. The van der Waals surface area contributed by atoms with Crippen molar-refractivity contribution < 1.29 is 0 Å². The molecule has 0 aliphatic heterocycles. The van der Waals surface area contributed by atoms with Crippen LogP contribution in [0.3, 0.4) is 0 Å². The molecule has 5 heteroatoms. The fourth-order valence-corrected chi connectivity index (χ4v) is 4.00. The summed E-state index contributed by atoms with van der Waals surface area (Å²) in [6.45, 7) is 0. The van der Waals surface area contributed by atoms with Crippen LogP contribution >= 0.6 is 11.8 Å². The van der Waals surface area contributed by atoms with Gasteiger partial charge in [0.25, 0.3) is 0 Å². The zero-order chi connectivity index (χ0) is 21.5. The van der Waals surface area contributed by atoms with Gasteiger partial charge in [-0.15, -0.1) is 0 Å². The standard InChI is InChI=1S/C26H16N4S/c27-16-22-24(20-12-6-2-7-13-20)23(17-28)26(31-21-14-8-3-9-15-21)30-25(22)29-18-19-10-4-1-5-11-19/h1-15,18H. The van der Waals surface area contributed by atoms with E-state index in [1.807, 2.05) is 91.0 Å². The maximum absolute atomic E-state index is 10.0. The van der Waals surface area contributed by atoms with E-state index < -0.39 is 0 Å². The van der Waals surface area contributed by atoms with Gasteiger partial charge < -0.3 is 0 Å². The summed E-state index contributed by atoms with van der Waals surface area (Å²) in [5, 5.41) is 20.5. The molecule has 0 spiro atoms. The molecule has 0 amide bonds. The van der Waals surface area contributed by atoms with Crippen molar-refractivity contribution in [2.45, 2.75) is 9.92 Å². The molecular formula is C26H16N4S. The first-order chi connectivity index (χ1) is 15.3. The zero-order valence-corrected chi connectivity index (χ0v) is 17.3. The smallest absolute Gasteiger partial charge is 0.171 e. The molecule has 0 atom stereocenters. The second-order valence-corrected chi connectivity index (χ2v) is 7.60. The van der Waals surface area contributed by atoms with Gasteiger partial charge in [0.1, 0.15) is 22.7 Å². The van der Waals surface area contributed by atoms with Crippen molar-refractivity contribution in [3.8, 4) is 23.3 Å². The maximum atomic E-state index is 10.0. The second kappa shape index (κ2) is 9.54. The van der Waals surface area contributed by atoms with Crippen LogP contribution in [0.4, 0.5) is 5.82 Å². The van der Waals surface area contributed by atoms with Gasteiger partial charge in [0, 0.05) is 16.7 Å². The summed E-state index contributed by atoms with van der Waals surface area (Å²) in [6.07, 6.45) is 1.68. The lowest BCUT2D eigenvalue weighted by molar-refractivity contribution is 1.09. The number of rotatable bonds is 5. The number of nitrogens with zero attached hydrogens (tertiary/aromatic N) is 4. The number of aliphatic imine (C=N–C) groups is 1. The average Bonchev–Trinajstić information content (AvgIpc) is 2.84. The minimum atomic E-state index is 0.285. The third-order valence-corrected chi connectivity index (χ3v) is 5.52. The van der Waals surface area contributed by atoms with E-state index in [9.17, 15) is 10.5 Å². The van der Waals surface area contributed by atoms with Gasteiger partial charge >= 0.3 is 0 Å². The van der Waals surface area contributed by atoms with E-state index in [0.29, 0.717) is 22.0 Å². The summed E-state index contributed by atoms with van der Waals surface area (Å²) in [5.41, 5.74) is 2.89. The van der Waals surface area contributed by atoms with Crippen LogP contribution in [0.15, 0.2) is 106 Å². The predicted octanol–water partition coefficient (Wildman–Crippen LogP) is 6.39. The molecule has 1 heterocycles. The normalized spacial score (nSPS) is 10.5. The molecule has 0 saturated heterocycles. The Morgan fingerprint density at radius 1 is 0.742 bits per heavy atom. The third kappa shape index (κ3) is 4.53. The monoisotopic (exact) mass is 416 g/mol. The molecule has 0 unspecified atom stereocenters. The summed E-state index contributed by atoms with van der Waals surface area (Å²) in [5.74, 6) is 0.294. The molecule has 0 aliphatic carbocycles. The Kier molecular flexibility index (Phi) is 6.18. The largest absolute Gasteiger partial charge is 0.235 e. The van der Waals surface area contributed by atoms with Gasteiger partial charge in [0.15, 0.2) is 5.82 Å². The van der Waals surface area contributed by atoms with E-state index in [2.05, 4.69) is 22.1 Å². The molecule has 0 N–H and O–H groups in total. The van der Waals surface area contributed by atoms with Gasteiger partial charge in [-0.1, -0.05) is 90.6 Å². The Morgan fingerprint density at radius 2 is 1.32 bits per heavy atom. The van der Waals surface area contributed by atoms with Gasteiger partial charge in [-0.05, 0) is 23.3 Å². The molecule has 31 heavy (non-hydrogen) atoms. The molecule has 4 rings (SSSR count). The number of pyridine rings is 1. The lowest BCUT2D eigenvalue weighted by atomic mass is 9.97. The minimum absolute atomic E-state index is 0.285. The van der Waals surface area contributed by atoms with Crippen LogP contribution < -0.4 is 0 Å². The van der Waals surface area contributed by atoms with Crippen LogP contribution in [-0.2, 0) is 0 Å². The third-order valence-electron chi connectivity index (χ3n) is 4.52. The van der Waals surface area contributed by atoms with E-state index >= 15 is 0 Å². The van der Waals surface area contributed by atoms with Crippen molar-refractivity contribution in [3.63, 3.8) is 0 Å². The van der Waals surface area contributed by atoms with Crippen LogP contribution in [-0.4, -0.2) is 11.2 Å². The molecule has 3 aromatic carbocycles. The lowest BCUT2D eigenvalue weighted by Crippen LogP contribution is -1.98. The van der Waals surface area contributed by atoms with Crippen LogP contribution in [0.1, 0.15) is 16.7 Å². The van der Waals surface area contributed by atoms with E-state index in [0.717, 1.165) is 16.0 Å². The fraction of sp³-hybridized carbons (Fsp3) is 0. The fourth-order valence-electron chi connectivity index (χ4n) is 3.10. The Bertz CT molecular complexity index is 1300. The molecule has 4 nitrogen and oxygen atoms in total. The van der Waals surface area contributed by atoms with Gasteiger partial charge in [-0.25, -0.2) is 9.98 Å². The van der Waals surface area contributed by atoms with Gasteiger partial charge in [-0.3, -0.25) is 0 Å². The molecule has 0 saturated carbocycles. The van der Waals surface area contributed by atoms with Crippen molar-refractivity contribution in [2.24, 2.45) is 4.99 Å². The van der Waals surface area contributed by atoms with E-state index in [4.69, 9.17) is 0 Å². The van der Waals surface area contributed by atoms with Gasteiger partial charge in [0.05, 0.1) is 5.56 Å². The van der Waals surface area contributed by atoms with Gasteiger partial charge in [0.2, 0.25) is 0 Å². The number of hydrogen-bond donors (Lipinski definition) is 0. The van der Waals surface area contributed by atoms with Crippen LogP contribution in [0.25, 0.3) is 11.1 Å². The molecule has 0 fully saturated rings. The van der Waals surface area contributed by atoms with Crippen molar-refractivity contribution in [3.05, 3.63) is 108 Å². The van der Waals surface area contributed by atoms with E-state index in [1.54, 1.807) is 6.21 Å². The number of benzene rings is 3. The first-order valence-corrected chi connectivity index (χ1v) is 10.4. The minimum Gasteiger partial charge on any atom is -0.235 e. The Balaban J connectivity index is 1.94. The van der Waals surface area contributed by atoms with E-state index in [-0.39, 0.29) is 5.56 Å². The van der Waals surface area contributed by atoms with Gasteiger partial charge in [-0.2, -0.15) is 10.5 Å². The molecule has 0 aliphatic rings. The first-order valence-electron chi connectivity index (χ1n) is 9.56. The zero-order valence-electron chi connectivity index (χ0n) is 16.4. The van der Waals surface area contributed by atoms with Crippen molar-refractivity contribution >= 4 is 23.8 Å². The number of hydrogen-bond acceptors (Lipinski definition) is 5. The highest BCUT2D eigenvalue weighted by Gasteiger charge is 2.21. The predicted molar refractivity (Wildman–Crippen MR) is 123 cm³/mol. The summed E-state index contributed by atoms with van der Waals surface area (Å²) >= 11 is 1.39. The molecule has 0 radical (unpaired) electrons. The Morgan fingerprint density at radius 3 is 1.94 bits per heavy atom. The van der Waals surface area contributed by atoms with Crippen LogP contribution in [0.2, 0.25) is 0 Å². The van der Waals surface area contributed by atoms with E-state index in [1.165, 1.54) is 11.8 Å². The SMILES string of the molecule is N#Cc1c(N=Cc2ccccc2)nc(Sc2ccccc2)c(C#N)c1-c1ccccc1. The topological polar surface area (TPSA) is 72.8 Å². The highest BCUT2D eigenvalue weighted by molar-refractivity contribution is 7.99. The molecular weight excluding hydrogens is 400 g/mol. The lowest BCUT2D eigenvalue weighted by Gasteiger charge is -2.13. The van der Waals surface area contributed by atoms with Crippen LogP contribution in [0.5, 0.6) is 0 Å². The second-order valence-electron chi connectivity index (χ2n) is 6.54. The first kappa shape index (κ1) is 20.1. The molecule has 0 bridgehead atoms. The maximum Gasteiger partial charge on any atom is 0.171 e. The van der Waals surface area contributed by atoms with Crippen molar-refractivity contribution in [2.75, 3.05) is 0 Å². The average molecular weight is 417 g/mol. The quantitative estimate of drug-likeness (QED) is 0.353. The molecule has 1 aromatic heterocycles. The summed E-state index contributed by atoms with van der Waals surface area (Å²) in [6, 6.07) is 33.3. The van der Waals surface area contributed by atoms with Crippen molar-refractivity contribution in [1.82, 2.24) is 4.98 Å². The Labute approximate surface area is 185 Å². The van der Waals surface area contributed by atoms with Crippen LogP contribution in [0, 0.1) is 22.7 Å². The number of aromatic nitrogens is 1. The van der Waals surface area contributed by atoms with Crippen molar-refractivity contribution in [1.29, 1.82) is 10.5 Å². The highest BCUT2D eigenvalue weighted by atomic mass is 32.2.